The van der Waals surface area contributed by atoms with Gasteiger partial charge in [-0.3, -0.25) is 19.1 Å². The molecule has 1 atom stereocenters. The van der Waals surface area contributed by atoms with E-state index in [2.05, 4.69) is 20.1 Å². The number of piperidine rings is 1. The monoisotopic (exact) mass is 483 g/mol. The number of aromatic nitrogens is 4. The van der Waals surface area contributed by atoms with Gasteiger partial charge in [-0.15, -0.1) is 10.2 Å². The van der Waals surface area contributed by atoms with E-state index in [0.717, 1.165) is 37.4 Å². The number of carbonyl (C=O) groups excluding carboxylic acids is 2. The molecule has 0 amide bonds. The molecule has 180 valence electrons. The number of hydrogen-bond donors (Lipinski definition) is 1. The summed E-state index contributed by atoms with van der Waals surface area (Å²) in [7, 11) is 0. The van der Waals surface area contributed by atoms with Gasteiger partial charge in [-0.2, -0.15) is 0 Å². The molecular formula is C25H30FN5O2S. The fourth-order valence-electron chi connectivity index (χ4n) is 4.59. The highest BCUT2D eigenvalue weighted by Gasteiger charge is 2.27. The molecule has 1 unspecified atom stereocenters. The van der Waals surface area contributed by atoms with Crippen molar-refractivity contribution in [3.8, 4) is 5.69 Å². The number of benzene rings is 1. The molecule has 1 aliphatic heterocycles. The first kappa shape index (κ1) is 24.3. The zero-order chi connectivity index (χ0) is 24.4. The Morgan fingerprint density at radius 2 is 1.79 bits per heavy atom. The molecule has 1 aliphatic rings. The number of nitrogens with zero attached hydrogens (tertiary/aromatic N) is 4. The van der Waals surface area contributed by atoms with E-state index >= 15 is 0 Å². The van der Waals surface area contributed by atoms with Crippen molar-refractivity contribution in [2.75, 3.05) is 13.1 Å². The van der Waals surface area contributed by atoms with Gasteiger partial charge in [0.25, 0.3) is 0 Å². The Balaban J connectivity index is 1.63. The van der Waals surface area contributed by atoms with Crippen LogP contribution in [0, 0.1) is 19.7 Å². The van der Waals surface area contributed by atoms with Gasteiger partial charge >= 0.3 is 0 Å². The van der Waals surface area contributed by atoms with Crippen molar-refractivity contribution in [3.05, 3.63) is 58.4 Å². The first-order valence-corrected chi connectivity index (χ1v) is 12.5. The Bertz CT molecular complexity index is 1190. The minimum atomic E-state index is -0.470. The van der Waals surface area contributed by atoms with Gasteiger partial charge in [-0.05, 0) is 83.5 Å². The van der Waals surface area contributed by atoms with Crippen LogP contribution in [0.3, 0.4) is 0 Å². The summed E-state index contributed by atoms with van der Waals surface area (Å²) in [6.45, 7) is 9.59. The topological polar surface area (TPSA) is 83.9 Å². The predicted octanol–water partition coefficient (Wildman–Crippen LogP) is 4.90. The summed E-state index contributed by atoms with van der Waals surface area (Å²) < 4.78 is 15.5. The standard InChI is InChI=1S/C25H30FN5O2S/c1-15-22(17(3)32)16(2)27-23(15)24(33)18(4)34-25-29-28-21(14-30-12-6-5-7-13-30)31(25)20-10-8-19(26)9-11-20/h8-11,18,27H,5-7,12-14H2,1-4H3. The van der Waals surface area contributed by atoms with Crippen molar-refractivity contribution >= 4 is 23.3 Å². The van der Waals surface area contributed by atoms with Crippen LogP contribution in [-0.2, 0) is 6.54 Å². The minimum absolute atomic E-state index is 0.0657. The second kappa shape index (κ2) is 10.2. The van der Waals surface area contributed by atoms with Crippen LogP contribution in [-0.4, -0.2) is 54.6 Å². The molecule has 1 N–H and O–H groups in total. The third-order valence-electron chi connectivity index (χ3n) is 6.29. The third kappa shape index (κ3) is 5.00. The summed E-state index contributed by atoms with van der Waals surface area (Å²) in [5, 5.41) is 8.96. The molecule has 4 rings (SSSR count). The number of thioether (sulfide) groups is 1. The zero-order valence-electron chi connectivity index (χ0n) is 20.0. The Kier molecular flexibility index (Phi) is 7.33. The van der Waals surface area contributed by atoms with Gasteiger partial charge in [-0.1, -0.05) is 18.2 Å². The van der Waals surface area contributed by atoms with Crippen LogP contribution in [0.2, 0.25) is 0 Å². The number of halogens is 1. The van der Waals surface area contributed by atoms with E-state index in [4.69, 9.17) is 0 Å². The van der Waals surface area contributed by atoms with E-state index in [1.807, 2.05) is 11.5 Å². The number of rotatable bonds is 8. The third-order valence-corrected chi connectivity index (χ3v) is 7.33. The molecule has 3 heterocycles. The van der Waals surface area contributed by atoms with Crippen LogP contribution in [0.5, 0.6) is 0 Å². The molecule has 1 saturated heterocycles. The van der Waals surface area contributed by atoms with Crippen molar-refractivity contribution in [3.63, 3.8) is 0 Å². The molecular weight excluding hydrogens is 453 g/mol. The van der Waals surface area contributed by atoms with E-state index in [1.165, 1.54) is 37.2 Å². The summed E-state index contributed by atoms with van der Waals surface area (Å²) in [6, 6.07) is 6.23. The van der Waals surface area contributed by atoms with E-state index in [0.29, 0.717) is 34.2 Å². The van der Waals surface area contributed by atoms with E-state index in [1.54, 1.807) is 26.0 Å². The van der Waals surface area contributed by atoms with Crippen LogP contribution < -0.4 is 0 Å². The first-order chi connectivity index (χ1) is 16.3. The Morgan fingerprint density at radius 3 is 2.41 bits per heavy atom. The number of Topliss-reactive ketones (excluding diaryl/α,β-unsaturated/α-hetero) is 2. The summed E-state index contributed by atoms with van der Waals surface area (Å²) in [5.41, 5.74) is 3.14. The molecule has 0 radical (unpaired) electrons. The number of likely N-dealkylation sites (tertiary alicyclic amines) is 1. The average molecular weight is 484 g/mol. The SMILES string of the molecule is CC(=O)c1c(C)[nH]c(C(=O)C(C)Sc2nnc(CN3CCCCC3)n2-c2ccc(F)cc2)c1C. The summed E-state index contributed by atoms with van der Waals surface area (Å²) >= 11 is 1.31. The molecule has 1 aromatic carbocycles. The van der Waals surface area contributed by atoms with Gasteiger partial charge in [-0.25, -0.2) is 4.39 Å². The smallest absolute Gasteiger partial charge is 0.196 e. The molecule has 9 heteroatoms. The second-order valence-corrected chi connectivity index (χ2v) is 10.2. The Morgan fingerprint density at radius 1 is 1.12 bits per heavy atom. The number of hydrogen-bond acceptors (Lipinski definition) is 6. The van der Waals surface area contributed by atoms with Crippen molar-refractivity contribution in [2.24, 2.45) is 0 Å². The van der Waals surface area contributed by atoms with Crippen LogP contribution in [0.25, 0.3) is 5.69 Å². The molecule has 7 nitrogen and oxygen atoms in total. The minimum Gasteiger partial charge on any atom is -0.355 e. The molecule has 0 spiro atoms. The van der Waals surface area contributed by atoms with Gasteiger partial charge in [0.2, 0.25) is 0 Å². The maximum Gasteiger partial charge on any atom is 0.196 e. The number of carbonyl (C=O) groups is 2. The van der Waals surface area contributed by atoms with Crippen LogP contribution in [0.1, 0.15) is 71.0 Å². The van der Waals surface area contributed by atoms with Gasteiger partial charge in [0.1, 0.15) is 5.82 Å². The maximum atomic E-state index is 13.6. The molecule has 0 aliphatic carbocycles. The number of aromatic amines is 1. The highest BCUT2D eigenvalue weighted by Crippen LogP contribution is 2.30. The van der Waals surface area contributed by atoms with Crippen LogP contribution in [0.4, 0.5) is 4.39 Å². The quantitative estimate of drug-likeness (QED) is 0.362. The molecule has 0 saturated carbocycles. The molecule has 0 bridgehead atoms. The lowest BCUT2D eigenvalue weighted by Crippen LogP contribution is -2.30. The van der Waals surface area contributed by atoms with E-state index in [9.17, 15) is 14.0 Å². The number of ketones is 2. The first-order valence-electron chi connectivity index (χ1n) is 11.6. The molecule has 1 fully saturated rings. The van der Waals surface area contributed by atoms with Crippen LogP contribution in [0.15, 0.2) is 29.4 Å². The Hall–Kier alpha value is -2.78. The summed E-state index contributed by atoms with van der Waals surface area (Å²) in [4.78, 5) is 30.7. The van der Waals surface area contributed by atoms with E-state index < -0.39 is 5.25 Å². The number of H-pyrrole nitrogens is 1. The highest BCUT2D eigenvalue weighted by atomic mass is 32.2. The van der Waals surface area contributed by atoms with Gasteiger partial charge in [0.05, 0.1) is 17.5 Å². The lowest BCUT2D eigenvalue weighted by atomic mass is 10.0. The normalized spacial score (nSPS) is 15.4. The molecule has 2 aromatic heterocycles. The highest BCUT2D eigenvalue weighted by molar-refractivity contribution is 8.00. The van der Waals surface area contributed by atoms with Crippen LogP contribution >= 0.6 is 11.8 Å². The van der Waals surface area contributed by atoms with Crippen molar-refractivity contribution in [2.45, 2.75) is 63.9 Å². The van der Waals surface area contributed by atoms with Crippen molar-refractivity contribution in [1.29, 1.82) is 0 Å². The van der Waals surface area contributed by atoms with E-state index in [-0.39, 0.29) is 17.4 Å². The number of aryl methyl sites for hydroxylation is 1. The zero-order valence-corrected chi connectivity index (χ0v) is 20.8. The van der Waals surface area contributed by atoms with Crippen molar-refractivity contribution < 1.29 is 14.0 Å². The summed E-state index contributed by atoms with van der Waals surface area (Å²) in [5.74, 6) is 0.279. The van der Waals surface area contributed by atoms with Gasteiger partial charge in [0.15, 0.2) is 22.5 Å². The predicted molar refractivity (Wildman–Crippen MR) is 130 cm³/mol. The summed E-state index contributed by atoms with van der Waals surface area (Å²) in [6.07, 6.45) is 3.56. The van der Waals surface area contributed by atoms with Gasteiger partial charge < -0.3 is 4.98 Å². The number of nitrogens with one attached hydrogen (secondary N) is 1. The molecule has 3 aromatic rings. The second-order valence-electron chi connectivity index (χ2n) is 8.85. The fraction of sp³-hybridized carbons (Fsp3) is 0.440. The lowest BCUT2D eigenvalue weighted by Gasteiger charge is -2.26. The van der Waals surface area contributed by atoms with Crippen molar-refractivity contribution in [1.82, 2.24) is 24.6 Å². The lowest BCUT2D eigenvalue weighted by molar-refractivity contribution is 0.0988. The Labute approximate surface area is 203 Å². The molecule has 34 heavy (non-hydrogen) atoms. The maximum absolute atomic E-state index is 13.6. The largest absolute Gasteiger partial charge is 0.355 e. The fourth-order valence-corrected chi connectivity index (χ4v) is 5.53. The average Bonchev–Trinajstić information content (AvgIpc) is 3.33. The van der Waals surface area contributed by atoms with Gasteiger partial charge in [0, 0.05) is 16.9 Å².